The number of hydrogen-bond donors (Lipinski definition) is 2. The van der Waals surface area contributed by atoms with Crippen molar-refractivity contribution in [2.45, 2.75) is 13.3 Å². The molecule has 0 saturated heterocycles. The van der Waals surface area contributed by atoms with E-state index in [0.717, 1.165) is 17.7 Å². The van der Waals surface area contributed by atoms with E-state index < -0.39 is 5.91 Å². The molecule has 0 radical (unpaired) electrons. The Bertz CT molecular complexity index is 350. The van der Waals surface area contributed by atoms with Crippen LogP contribution in [0.5, 0.6) is 5.75 Å². The minimum atomic E-state index is -0.416. The smallest absolute Gasteiger partial charge is 0.248 e. The fourth-order valence-corrected chi connectivity index (χ4v) is 1.28. The predicted molar refractivity (Wildman–Crippen MR) is 58.9 cm³/mol. The van der Waals surface area contributed by atoms with Crippen LogP contribution in [0, 0.1) is 6.92 Å². The van der Waals surface area contributed by atoms with Crippen LogP contribution in [0.3, 0.4) is 0 Å². The highest BCUT2D eigenvalue weighted by atomic mass is 16.5. The number of ether oxygens (including phenoxy) is 1. The topological polar surface area (TPSA) is 78.3 Å². The molecule has 1 amide bonds. The third-order valence-electron chi connectivity index (χ3n) is 2.08. The summed E-state index contributed by atoms with van der Waals surface area (Å²) >= 11 is 0. The van der Waals surface area contributed by atoms with Crippen LogP contribution in [0.4, 0.5) is 0 Å². The highest BCUT2D eigenvalue weighted by Gasteiger charge is 2.05. The van der Waals surface area contributed by atoms with Crippen LogP contribution in [0.1, 0.15) is 22.3 Å². The zero-order chi connectivity index (χ0) is 11.3. The molecule has 0 atom stereocenters. The summed E-state index contributed by atoms with van der Waals surface area (Å²) in [4.78, 5) is 11.0. The Morgan fingerprint density at radius 2 is 2.20 bits per heavy atom. The van der Waals surface area contributed by atoms with E-state index in [9.17, 15) is 4.79 Å². The molecule has 1 aromatic rings. The van der Waals surface area contributed by atoms with Gasteiger partial charge in [-0.2, -0.15) is 0 Å². The number of carbonyl (C=O) groups is 1. The largest absolute Gasteiger partial charge is 0.494 e. The van der Waals surface area contributed by atoms with Gasteiger partial charge in [0.15, 0.2) is 0 Å². The molecular formula is C11H16N2O2. The number of nitrogens with two attached hydrogens (primary N) is 2. The molecule has 4 nitrogen and oxygen atoms in total. The van der Waals surface area contributed by atoms with Gasteiger partial charge in [0, 0.05) is 5.56 Å². The molecule has 1 aromatic carbocycles. The average molecular weight is 208 g/mol. The van der Waals surface area contributed by atoms with Crippen molar-refractivity contribution in [3.05, 3.63) is 29.3 Å². The minimum Gasteiger partial charge on any atom is -0.494 e. The van der Waals surface area contributed by atoms with E-state index in [1.807, 2.05) is 6.92 Å². The third kappa shape index (κ3) is 3.25. The molecule has 0 saturated carbocycles. The van der Waals surface area contributed by atoms with Crippen molar-refractivity contribution in [3.63, 3.8) is 0 Å². The van der Waals surface area contributed by atoms with Gasteiger partial charge in [0.2, 0.25) is 5.91 Å². The Hall–Kier alpha value is -1.55. The van der Waals surface area contributed by atoms with Crippen LogP contribution in [-0.4, -0.2) is 19.1 Å². The number of carbonyl (C=O) groups excluding carboxylic acids is 1. The van der Waals surface area contributed by atoms with Crippen molar-refractivity contribution in [2.75, 3.05) is 13.2 Å². The van der Waals surface area contributed by atoms with Crippen LogP contribution < -0.4 is 16.2 Å². The van der Waals surface area contributed by atoms with Gasteiger partial charge in [-0.1, -0.05) is 0 Å². The van der Waals surface area contributed by atoms with E-state index in [0.29, 0.717) is 18.7 Å². The van der Waals surface area contributed by atoms with Gasteiger partial charge in [0.05, 0.1) is 6.61 Å². The van der Waals surface area contributed by atoms with Crippen molar-refractivity contribution < 1.29 is 9.53 Å². The van der Waals surface area contributed by atoms with E-state index >= 15 is 0 Å². The molecule has 0 aliphatic carbocycles. The summed E-state index contributed by atoms with van der Waals surface area (Å²) in [7, 11) is 0. The maximum atomic E-state index is 11.0. The zero-order valence-corrected chi connectivity index (χ0v) is 8.82. The lowest BCUT2D eigenvalue weighted by atomic mass is 10.1. The molecule has 4 N–H and O–H groups in total. The van der Waals surface area contributed by atoms with Crippen LogP contribution in [0.15, 0.2) is 18.2 Å². The summed E-state index contributed by atoms with van der Waals surface area (Å²) < 4.78 is 5.43. The van der Waals surface area contributed by atoms with Gasteiger partial charge in [0.25, 0.3) is 0 Å². The Kier molecular flexibility index (Phi) is 4.12. The second-order valence-corrected chi connectivity index (χ2v) is 3.33. The molecule has 0 spiro atoms. The van der Waals surface area contributed by atoms with Crippen molar-refractivity contribution in [1.82, 2.24) is 0 Å². The summed E-state index contributed by atoms with van der Waals surface area (Å²) in [5.74, 6) is 0.326. The molecule has 15 heavy (non-hydrogen) atoms. The van der Waals surface area contributed by atoms with Gasteiger partial charge in [-0.3, -0.25) is 4.79 Å². The van der Waals surface area contributed by atoms with Crippen LogP contribution in [0.25, 0.3) is 0 Å². The lowest BCUT2D eigenvalue weighted by Gasteiger charge is -2.07. The fraction of sp³-hybridized carbons (Fsp3) is 0.364. The van der Waals surface area contributed by atoms with Gasteiger partial charge in [-0.15, -0.1) is 0 Å². The lowest BCUT2D eigenvalue weighted by Crippen LogP contribution is -2.12. The second kappa shape index (κ2) is 5.36. The van der Waals surface area contributed by atoms with Crippen LogP contribution in [0.2, 0.25) is 0 Å². The van der Waals surface area contributed by atoms with Gasteiger partial charge in [-0.25, -0.2) is 0 Å². The molecule has 0 heterocycles. The summed E-state index contributed by atoms with van der Waals surface area (Å²) in [5, 5.41) is 0. The molecular weight excluding hydrogens is 192 g/mol. The summed E-state index contributed by atoms with van der Waals surface area (Å²) in [6.45, 7) is 3.03. The minimum absolute atomic E-state index is 0.416. The molecule has 0 aliphatic rings. The fourth-order valence-electron chi connectivity index (χ4n) is 1.28. The first-order chi connectivity index (χ1) is 7.15. The van der Waals surface area contributed by atoms with Gasteiger partial charge < -0.3 is 16.2 Å². The van der Waals surface area contributed by atoms with Crippen LogP contribution >= 0.6 is 0 Å². The zero-order valence-electron chi connectivity index (χ0n) is 8.82. The summed E-state index contributed by atoms with van der Waals surface area (Å²) in [6, 6.07) is 5.22. The Morgan fingerprint density at radius 1 is 1.47 bits per heavy atom. The normalized spacial score (nSPS) is 10.0. The second-order valence-electron chi connectivity index (χ2n) is 3.33. The number of rotatable bonds is 5. The number of primary amides is 1. The highest BCUT2D eigenvalue weighted by Crippen LogP contribution is 2.16. The van der Waals surface area contributed by atoms with Gasteiger partial charge in [-0.05, 0) is 43.7 Å². The first-order valence-corrected chi connectivity index (χ1v) is 4.88. The Balaban J connectivity index is 2.69. The van der Waals surface area contributed by atoms with Crippen LogP contribution in [-0.2, 0) is 0 Å². The highest BCUT2D eigenvalue weighted by molar-refractivity contribution is 5.94. The van der Waals surface area contributed by atoms with E-state index in [1.165, 1.54) is 0 Å². The number of benzene rings is 1. The first-order valence-electron chi connectivity index (χ1n) is 4.88. The Morgan fingerprint density at radius 3 is 2.73 bits per heavy atom. The number of amides is 1. The molecule has 0 fully saturated rings. The molecule has 0 aliphatic heterocycles. The first kappa shape index (κ1) is 11.5. The summed E-state index contributed by atoms with van der Waals surface area (Å²) in [6.07, 6.45) is 0.816. The van der Waals surface area contributed by atoms with Crippen molar-refractivity contribution in [3.8, 4) is 5.75 Å². The summed E-state index contributed by atoms with van der Waals surface area (Å²) in [5.41, 5.74) is 11.9. The Labute approximate surface area is 89.2 Å². The average Bonchev–Trinajstić information content (AvgIpc) is 2.17. The number of hydrogen-bond acceptors (Lipinski definition) is 3. The molecule has 1 rings (SSSR count). The molecule has 0 aromatic heterocycles. The SMILES string of the molecule is Cc1cc(OCCCN)ccc1C(N)=O. The lowest BCUT2D eigenvalue weighted by molar-refractivity contribution is 0.0999. The molecule has 0 bridgehead atoms. The van der Waals surface area contributed by atoms with E-state index in [-0.39, 0.29) is 0 Å². The van der Waals surface area contributed by atoms with E-state index in [4.69, 9.17) is 16.2 Å². The predicted octanol–water partition coefficient (Wildman–Crippen LogP) is 0.822. The van der Waals surface area contributed by atoms with Crippen molar-refractivity contribution in [1.29, 1.82) is 0 Å². The monoisotopic (exact) mass is 208 g/mol. The molecule has 4 heteroatoms. The van der Waals surface area contributed by atoms with E-state index in [1.54, 1.807) is 18.2 Å². The van der Waals surface area contributed by atoms with Crippen molar-refractivity contribution >= 4 is 5.91 Å². The quantitative estimate of drug-likeness (QED) is 0.703. The van der Waals surface area contributed by atoms with E-state index in [2.05, 4.69) is 0 Å². The molecule has 82 valence electrons. The molecule has 0 unspecified atom stereocenters. The van der Waals surface area contributed by atoms with Gasteiger partial charge in [0.1, 0.15) is 5.75 Å². The standard InChI is InChI=1S/C11H16N2O2/c1-8-7-9(15-6-2-5-12)3-4-10(8)11(13)14/h3-4,7H,2,5-6,12H2,1H3,(H2,13,14). The third-order valence-corrected chi connectivity index (χ3v) is 2.08. The number of aryl methyl sites for hydroxylation is 1. The van der Waals surface area contributed by atoms with Gasteiger partial charge >= 0.3 is 0 Å². The maximum Gasteiger partial charge on any atom is 0.248 e. The maximum absolute atomic E-state index is 11.0. The van der Waals surface area contributed by atoms with Crippen molar-refractivity contribution in [2.24, 2.45) is 11.5 Å².